The SMILES string of the molecule is CN1CCN(c2cc3[nH]nc(C=Cc4cccc(C(N)=O)c4)c3cc2NS(C)(=O)=O)CC1. The van der Waals surface area contributed by atoms with E-state index >= 15 is 0 Å². The van der Waals surface area contributed by atoms with Crippen molar-refractivity contribution in [3.63, 3.8) is 0 Å². The zero-order valence-electron chi connectivity index (χ0n) is 18.0. The number of piperazine rings is 1. The number of carbonyl (C=O) groups is 1. The number of aromatic amines is 1. The fraction of sp³-hybridized carbons (Fsp3) is 0.273. The number of nitrogens with zero attached hydrogens (tertiary/aromatic N) is 3. The van der Waals surface area contributed by atoms with Gasteiger partial charge in [0.15, 0.2) is 0 Å². The van der Waals surface area contributed by atoms with Crippen molar-refractivity contribution in [2.75, 3.05) is 49.1 Å². The predicted octanol–water partition coefficient (Wildman–Crippen LogP) is 1.96. The number of hydrogen-bond acceptors (Lipinski definition) is 6. The summed E-state index contributed by atoms with van der Waals surface area (Å²) in [5.74, 6) is -0.488. The van der Waals surface area contributed by atoms with E-state index in [0.29, 0.717) is 16.9 Å². The van der Waals surface area contributed by atoms with Crippen molar-refractivity contribution in [3.05, 3.63) is 53.2 Å². The van der Waals surface area contributed by atoms with Crippen molar-refractivity contribution in [1.29, 1.82) is 0 Å². The van der Waals surface area contributed by atoms with Gasteiger partial charge in [-0.15, -0.1) is 0 Å². The fourth-order valence-corrected chi connectivity index (χ4v) is 4.32. The number of sulfonamides is 1. The van der Waals surface area contributed by atoms with Gasteiger partial charge in [-0.25, -0.2) is 8.42 Å². The van der Waals surface area contributed by atoms with E-state index in [9.17, 15) is 13.2 Å². The quantitative estimate of drug-likeness (QED) is 0.523. The maximum Gasteiger partial charge on any atom is 0.248 e. The highest BCUT2D eigenvalue weighted by atomic mass is 32.2. The number of rotatable bonds is 6. The Hall–Kier alpha value is -3.37. The molecule has 4 rings (SSSR count). The summed E-state index contributed by atoms with van der Waals surface area (Å²) in [6.07, 6.45) is 4.80. The molecular formula is C22H26N6O3S. The van der Waals surface area contributed by atoms with Crippen LogP contribution >= 0.6 is 0 Å². The van der Waals surface area contributed by atoms with Crippen LogP contribution < -0.4 is 15.4 Å². The highest BCUT2D eigenvalue weighted by Gasteiger charge is 2.20. The normalized spacial score (nSPS) is 15.5. The number of likely N-dealkylation sites (N-methyl/N-ethyl adjacent to an activating group) is 1. The number of aromatic nitrogens is 2. The van der Waals surface area contributed by atoms with E-state index in [-0.39, 0.29) is 0 Å². The molecule has 3 aromatic rings. The molecule has 0 atom stereocenters. The number of carbonyl (C=O) groups excluding carboxylic acids is 1. The molecule has 0 aliphatic carbocycles. The van der Waals surface area contributed by atoms with Crippen LogP contribution in [-0.2, 0) is 10.0 Å². The van der Waals surface area contributed by atoms with Gasteiger partial charge in [-0.2, -0.15) is 5.10 Å². The molecule has 1 fully saturated rings. The van der Waals surface area contributed by atoms with Gasteiger partial charge in [0.2, 0.25) is 15.9 Å². The van der Waals surface area contributed by atoms with Crippen LogP contribution in [0.25, 0.3) is 23.1 Å². The predicted molar refractivity (Wildman–Crippen MR) is 128 cm³/mol. The molecule has 2 aromatic carbocycles. The molecule has 1 saturated heterocycles. The molecule has 2 heterocycles. The minimum Gasteiger partial charge on any atom is -0.367 e. The Balaban J connectivity index is 1.72. The number of anilines is 2. The zero-order chi connectivity index (χ0) is 22.9. The highest BCUT2D eigenvalue weighted by Crippen LogP contribution is 2.33. The third-order valence-corrected chi connectivity index (χ3v) is 6.04. The molecule has 32 heavy (non-hydrogen) atoms. The molecule has 0 unspecified atom stereocenters. The Bertz CT molecular complexity index is 1290. The Kier molecular flexibility index (Phi) is 5.90. The van der Waals surface area contributed by atoms with Crippen LogP contribution in [0.15, 0.2) is 36.4 Å². The van der Waals surface area contributed by atoms with Crippen molar-refractivity contribution in [2.45, 2.75) is 0 Å². The molecule has 1 aromatic heterocycles. The molecule has 0 saturated carbocycles. The second-order valence-corrected chi connectivity index (χ2v) is 9.76. The molecule has 1 aliphatic heterocycles. The Labute approximate surface area is 186 Å². The number of H-pyrrole nitrogens is 1. The monoisotopic (exact) mass is 454 g/mol. The molecule has 10 heteroatoms. The smallest absolute Gasteiger partial charge is 0.248 e. The summed E-state index contributed by atoms with van der Waals surface area (Å²) >= 11 is 0. The molecule has 1 aliphatic rings. The first-order valence-electron chi connectivity index (χ1n) is 10.2. The lowest BCUT2D eigenvalue weighted by Crippen LogP contribution is -2.44. The first kappa shape index (κ1) is 21.8. The van der Waals surface area contributed by atoms with Crippen LogP contribution in [0.1, 0.15) is 21.6 Å². The largest absolute Gasteiger partial charge is 0.367 e. The van der Waals surface area contributed by atoms with E-state index in [1.807, 2.05) is 30.4 Å². The summed E-state index contributed by atoms with van der Waals surface area (Å²) in [5, 5.41) is 8.23. The summed E-state index contributed by atoms with van der Waals surface area (Å²) in [6, 6.07) is 10.7. The minimum absolute atomic E-state index is 0.426. The van der Waals surface area contributed by atoms with E-state index < -0.39 is 15.9 Å². The van der Waals surface area contributed by atoms with Crippen LogP contribution in [0.4, 0.5) is 11.4 Å². The molecule has 9 nitrogen and oxygen atoms in total. The van der Waals surface area contributed by atoms with Gasteiger partial charge in [-0.1, -0.05) is 18.2 Å². The Morgan fingerprint density at radius 2 is 1.91 bits per heavy atom. The molecule has 4 N–H and O–H groups in total. The van der Waals surface area contributed by atoms with Crippen LogP contribution in [0, 0.1) is 0 Å². The Morgan fingerprint density at radius 3 is 2.59 bits per heavy atom. The summed E-state index contributed by atoms with van der Waals surface area (Å²) in [4.78, 5) is 15.8. The van der Waals surface area contributed by atoms with Crippen molar-refractivity contribution in [2.24, 2.45) is 5.73 Å². The third kappa shape index (κ3) is 4.92. The third-order valence-electron chi connectivity index (χ3n) is 5.45. The Morgan fingerprint density at radius 1 is 1.16 bits per heavy atom. The second-order valence-electron chi connectivity index (χ2n) is 8.01. The molecule has 0 radical (unpaired) electrons. The van der Waals surface area contributed by atoms with Crippen molar-refractivity contribution in [1.82, 2.24) is 15.1 Å². The average molecular weight is 455 g/mol. The lowest BCUT2D eigenvalue weighted by atomic mass is 10.1. The van der Waals surface area contributed by atoms with Crippen molar-refractivity contribution >= 4 is 50.4 Å². The topological polar surface area (TPSA) is 124 Å². The molecule has 0 bridgehead atoms. The number of fused-ring (bicyclic) bond motifs is 1. The van der Waals surface area contributed by atoms with Gasteiger partial charge in [-0.05, 0) is 43.0 Å². The van der Waals surface area contributed by atoms with Crippen LogP contribution in [0.2, 0.25) is 0 Å². The van der Waals surface area contributed by atoms with Gasteiger partial charge in [-0.3, -0.25) is 14.6 Å². The number of nitrogens with two attached hydrogens (primary N) is 1. The van der Waals surface area contributed by atoms with E-state index in [0.717, 1.165) is 54.6 Å². The minimum atomic E-state index is -3.46. The van der Waals surface area contributed by atoms with Gasteiger partial charge >= 0.3 is 0 Å². The highest BCUT2D eigenvalue weighted by molar-refractivity contribution is 7.92. The van der Waals surface area contributed by atoms with Gasteiger partial charge < -0.3 is 15.5 Å². The van der Waals surface area contributed by atoms with Gasteiger partial charge in [0.1, 0.15) is 0 Å². The van der Waals surface area contributed by atoms with Gasteiger partial charge in [0, 0.05) is 37.1 Å². The molecular weight excluding hydrogens is 428 g/mol. The second kappa shape index (κ2) is 8.64. The lowest BCUT2D eigenvalue weighted by Gasteiger charge is -2.35. The number of nitrogens with one attached hydrogen (secondary N) is 2. The van der Waals surface area contributed by atoms with Gasteiger partial charge in [0.05, 0.1) is 28.8 Å². The van der Waals surface area contributed by atoms with Crippen LogP contribution in [0.5, 0.6) is 0 Å². The summed E-state index contributed by atoms with van der Waals surface area (Å²) in [7, 11) is -1.39. The van der Waals surface area contributed by atoms with E-state index in [1.54, 1.807) is 18.2 Å². The first-order chi connectivity index (χ1) is 15.2. The van der Waals surface area contributed by atoms with Gasteiger partial charge in [0.25, 0.3) is 0 Å². The number of primary amides is 1. The van der Waals surface area contributed by atoms with Crippen LogP contribution in [-0.4, -0.2) is 68.9 Å². The maximum atomic E-state index is 12.0. The fourth-order valence-electron chi connectivity index (χ4n) is 3.76. The lowest BCUT2D eigenvalue weighted by molar-refractivity contribution is 0.1000. The standard InChI is InChI=1S/C22H26N6O3S/c1-27-8-10-28(11-9-27)21-14-19-17(13-20(21)26-32(2,30)31)18(24-25-19)7-6-15-4-3-5-16(12-15)22(23)29/h3-7,12-14,26H,8-11H2,1-2H3,(H2,23,29)(H,24,25). The summed E-state index contributed by atoms with van der Waals surface area (Å²) in [5.41, 5.74) is 9.40. The summed E-state index contributed by atoms with van der Waals surface area (Å²) < 4.78 is 26.7. The zero-order valence-corrected chi connectivity index (χ0v) is 18.8. The number of amides is 1. The number of benzene rings is 2. The molecule has 1 amide bonds. The van der Waals surface area contributed by atoms with E-state index in [1.165, 1.54) is 0 Å². The molecule has 168 valence electrons. The average Bonchev–Trinajstić information content (AvgIpc) is 3.13. The first-order valence-corrected chi connectivity index (χ1v) is 12.1. The molecule has 0 spiro atoms. The van der Waals surface area contributed by atoms with Crippen molar-refractivity contribution in [3.8, 4) is 0 Å². The van der Waals surface area contributed by atoms with Crippen molar-refractivity contribution < 1.29 is 13.2 Å². The van der Waals surface area contributed by atoms with E-state index in [2.05, 4.69) is 31.8 Å². The van der Waals surface area contributed by atoms with Crippen LogP contribution in [0.3, 0.4) is 0 Å². The number of hydrogen-bond donors (Lipinski definition) is 3. The maximum absolute atomic E-state index is 12.0. The van der Waals surface area contributed by atoms with E-state index in [4.69, 9.17) is 5.73 Å². The summed E-state index contributed by atoms with van der Waals surface area (Å²) in [6.45, 7) is 3.41.